The van der Waals surface area contributed by atoms with Crippen molar-refractivity contribution in [2.24, 2.45) is 5.92 Å². The maximum Gasteiger partial charge on any atom is 0.335 e. The summed E-state index contributed by atoms with van der Waals surface area (Å²) in [6.45, 7) is 0. The first kappa shape index (κ1) is 23.0. The number of thioether (sulfide) groups is 1. The summed E-state index contributed by atoms with van der Waals surface area (Å²) in [5.74, 6) is -1.11. The molecule has 34 heavy (non-hydrogen) atoms. The van der Waals surface area contributed by atoms with Gasteiger partial charge < -0.3 is 10.4 Å². The minimum absolute atomic E-state index is 0.0270. The molecule has 0 unspecified atom stereocenters. The molecule has 1 aliphatic carbocycles. The molecule has 0 bridgehead atoms. The summed E-state index contributed by atoms with van der Waals surface area (Å²) < 4.78 is 0. The Morgan fingerprint density at radius 3 is 2.56 bits per heavy atom. The van der Waals surface area contributed by atoms with Crippen molar-refractivity contribution < 1.29 is 14.8 Å². The number of carbonyl (C=O) groups is 1. The highest BCUT2D eigenvalue weighted by molar-refractivity contribution is 8.00. The lowest BCUT2D eigenvalue weighted by molar-refractivity contribution is -0.387. The number of nitro groups is 1. The summed E-state index contributed by atoms with van der Waals surface area (Å²) in [5.41, 5.74) is 2.90. The lowest BCUT2D eigenvalue weighted by Gasteiger charge is -2.38. The van der Waals surface area contributed by atoms with Crippen LogP contribution in [-0.2, 0) is 0 Å². The van der Waals surface area contributed by atoms with Gasteiger partial charge in [0.2, 0.25) is 0 Å². The van der Waals surface area contributed by atoms with E-state index in [-0.39, 0.29) is 44.7 Å². The fourth-order valence-electron chi connectivity index (χ4n) is 5.15. The molecule has 0 radical (unpaired) electrons. The standard InChI is InChI=1S/C25H20Cl2N2O4S/c26-17-6-2-1-5-14(17)24-16-12-21(34-20-8-4-3-7-19(20)29(32)33)23(27)22(16)15-11-13(25(30)31)9-10-18(15)28-24/h1-11,16,21-24,28H,12H2,(H,30,31)/t16-,21-,22-,23+,24+/m0/s1. The Labute approximate surface area is 210 Å². The Kier molecular flexibility index (Phi) is 6.18. The molecule has 5 atom stereocenters. The van der Waals surface area contributed by atoms with Crippen LogP contribution in [0.15, 0.2) is 71.6 Å². The van der Waals surface area contributed by atoms with Crippen LogP contribution in [-0.4, -0.2) is 26.6 Å². The Hall–Kier alpha value is -2.74. The van der Waals surface area contributed by atoms with Gasteiger partial charge in [0, 0.05) is 27.9 Å². The SMILES string of the molecule is O=C(O)c1ccc2c(c1)[C@@H]1[C@H](Cl)[C@@H](Sc3ccccc3[N+](=O)[O-])C[C@@H]1[C@@H](c1ccccc1Cl)N2. The van der Waals surface area contributed by atoms with Crippen molar-refractivity contribution in [3.8, 4) is 0 Å². The smallest absolute Gasteiger partial charge is 0.335 e. The van der Waals surface area contributed by atoms with E-state index < -0.39 is 5.97 Å². The molecule has 2 N–H and O–H groups in total. The Morgan fingerprint density at radius 2 is 1.82 bits per heavy atom. The number of nitrogens with zero attached hydrogens (tertiary/aromatic N) is 1. The normalized spacial score (nSPS) is 25.2. The number of benzene rings is 3. The van der Waals surface area contributed by atoms with Crippen LogP contribution >= 0.6 is 35.0 Å². The van der Waals surface area contributed by atoms with Crippen molar-refractivity contribution in [2.45, 2.75) is 33.9 Å². The van der Waals surface area contributed by atoms with Gasteiger partial charge in [-0.25, -0.2) is 4.79 Å². The highest BCUT2D eigenvalue weighted by Crippen LogP contribution is 2.58. The third-order valence-electron chi connectivity index (χ3n) is 6.64. The third kappa shape index (κ3) is 4.02. The minimum Gasteiger partial charge on any atom is -0.478 e. The first-order valence-electron chi connectivity index (χ1n) is 10.8. The molecule has 6 nitrogen and oxygen atoms in total. The van der Waals surface area contributed by atoms with Crippen molar-refractivity contribution in [3.63, 3.8) is 0 Å². The number of aromatic carboxylic acids is 1. The predicted molar refractivity (Wildman–Crippen MR) is 134 cm³/mol. The molecular weight excluding hydrogens is 495 g/mol. The number of nitrogens with one attached hydrogen (secondary N) is 1. The molecule has 3 aromatic rings. The van der Waals surface area contributed by atoms with Crippen molar-refractivity contribution in [2.75, 3.05) is 5.32 Å². The first-order valence-corrected chi connectivity index (χ1v) is 12.5. The van der Waals surface area contributed by atoms with E-state index in [0.717, 1.165) is 16.8 Å². The fourth-order valence-corrected chi connectivity index (χ4v) is 7.35. The van der Waals surface area contributed by atoms with E-state index in [4.69, 9.17) is 23.2 Å². The van der Waals surface area contributed by atoms with E-state index >= 15 is 0 Å². The maximum absolute atomic E-state index is 11.7. The number of carboxylic acid groups (broad SMARTS) is 1. The Bertz CT molecular complexity index is 1290. The zero-order valence-corrected chi connectivity index (χ0v) is 20.1. The number of hydrogen-bond donors (Lipinski definition) is 2. The second-order valence-electron chi connectivity index (χ2n) is 8.50. The largest absolute Gasteiger partial charge is 0.478 e. The predicted octanol–water partition coefficient (Wildman–Crippen LogP) is 6.99. The van der Waals surface area contributed by atoms with Crippen molar-refractivity contribution >= 4 is 52.3 Å². The molecule has 174 valence electrons. The number of alkyl halides is 1. The monoisotopic (exact) mass is 514 g/mol. The third-order valence-corrected chi connectivity index (χ3v) is 9.10. The van der Waals surface area contributed by atoms with Gasteiger partial charge in [-0.3, -0.25) is 10.1 Å². The number of fused-ring (bicyclic) bond motifs is 3. The van der Waals surface area contributed by atoms with Gasteiger partial charge in [-0.1, -0.05) is 41.9 Å². The molecule has 1 saturated carbocycles. The molecule has 2 aliphatic rings. The number of para-hydroxylation sites is 1. The molecule has 9 heteroatoms. The second kappa shape index (κ2) is 9.13. The van der Waals surface area contributed by atoms with Crippen LogP contribution in [0, 0.1) is 16.0 Å². The Balaban J connectivity index is 1.57. The quantitative estimate of drug-likeness (QED) is 0.216. The average Bonchev–Trinajstić information content (AvgIpc) is 3.15. The first-order chi connectivity index (χ1) is 16.3. The van der Waals surface area contributed by atoms with Gasteiger partial charge >= 0.3 is 5.97 Å². The lowest BCUT2D eigenvalue weighted by atomic mass is 9.77. The number of nitro benzene ring substituents is 1. The zero-order chi connectivity index (χ0) is 24.0. The molecule has 1 aliphatic heterocycles. The van der Waals surface area contributed by atoms with Crippen LogP contribution in [0.1, 0.15) is 39.9 Å². The van der Waals surface area contributed by atoms with E-state index in [1.165, 1.54) is 17.8 Å². The molecule has 1 heterocycles. The summed E-state index contributed by atoms with van der Waals surface area (Å²) >= 11 is 15.1. The van der Waals surface area contributed by atoms with Crippen LogP contribution in [0.5, 0.6) is 0 Å². The molecule has 0 saturated heterocycles. The van der Waals surface area contributed by atoms with Crippen LogP contribution in [0.25, 0.3) is 0 Å². The van der Waals surface area contributed by atoms with E-state index in [2.05, 4.69) is 5.32 Å². The number of carboxylic acids is 1. The summed E-state index contributed by atoms with van der Waals surface area (Å²) in [4.78, 5) is 23.4. The molecule has 3 aromatic carbocycles. The van der Waals surface area contributed by atoms with Crippen LogP contribution in [0.4, 0.5) is 11.4 Å². The van der Waals surface area contributed by atoms with Gasteiger partial charge in [-0.15, -0.1) is 23.4 Å². The number of anilines is 1. The van der Waals surface area contributed by atoms with Gasteiger partial charge in [0.25, 0.3) is 5.69 Å². The summed E-state index contributed by atoms with van der Waals surface area (Å²) in [7, 11) is 0. The molecule has 0 aromatic heterocycles. The topological polar surface area (TPSA) is 92.5 Å². The minimum atomic E-state index is -0.998. The molecular formula is C25H20Cl2N2O4S. The van der Waals surface area contributed by atoms with E-state index in [0.29, 0.717) is 16.3 Å². The number of halogens is 2. The van der Waals surface area contributed by atoms with Crippen molar-refractivity contribution in [3.05, 3.63) is 98.6 Å². The Morgan fingerprint density at radius 1 is 1.09 bits per heavy atom. The van der Waals surface area contributed by atoms with E-state index in [1.807, 2.05) is 24.3 Å². The average molecular weight is 515 g/mol. The van der Waals surface area contributed by atoms with Gasteiger partial charge in [-0.2, -0.15) is 0 Å². The fraction of sp³-hybridized carbons (Fsp3) is 0.240. The number of rotatable bonds is 5. The maximum atomic E-state index is 11.7. The van der Waals surface area contributed by atoms with Gasteiger partial charge in [0.1, 0.15) is 0 Å². The molecule has 1 fully saturated rings. The van der Waals surface area contributed by atoms with Crippen molar-refractivity contribution in [1.29, 1.82) is 0 Å². The van der Waals surface area contributed by atoms with E-state index in [9.17, 15) is 20.0 Å². The summed E-state index contributed by atoms with van der Waals surface area (Å²) in [6, 6.07) is 19.3. The second-order valence-corrected chi connectivity index (χ2v) is 10.7. The summed E-state index contributed by atoms with van der Waals surface area (Å²) in [6.07, 6.45) is 0.690. The molecule has 0 amide bonds. The zero-order valence-electron chi connectivity index (χ0n) is 17.7. The summed E-state index contributed by atoms with van der Waals surface area (Å²) in [5, 5.41) is 24.8. The van der Waals surface area contributed by atoms with Crippen LogP contribution in [0.3, 0.4) is 0 Å². The van der Waals surface area contributed by atoms with Crippen LogP contribution < -0.4 is 5.32 Å². The van der Waals surface area contributed by atoms with Crippen molar-refractivity contribution in [1.82, 2.24) is 0 Å². The van der Waals surface area contributed by atoms with E-state index in [1.54, 1.807) is 36.4 Å². The van der Waals surface area contributed by atoms with Gasteiger partial charge in [0.05, 0.1) is 26.8 Å². The lowest BCUT2D eigenvalue weighted by Crippen LogP contribution is -2.31. The number of hydrogen-bond acceptors (Lipinski definition) is 5. The highest BCUT2D eigenvalue weighted by atomic mass is 35.5. The van der Waals surface area contributed by atoms with Crippen LogP contribution in [0.2, 0.25) is 5.02 Å². The highest BCUT2D eigenvalue weighted by Gasteiger charge is 2.50. The van der Waals surface area contributed by atoms with Gasteiger partial charge in [-0.05, 0) is 53.8 Å². The molecule has 0 spiro atoms. The van der Waals surface area contributed by atoms with Gasteiger partial charge in [0.15, 0.2) is 0 Å². The molecule has 5 rings (SSSR count).